The third kappa shape index (κ3) is 10.2. The van der Waals surface area contributed by atoms with Gasteiger partial charge in [-0.3, -0.25) is 0 Å². The first-order chi connectivity index (χ1) is 16.1. The van der Waals surface area contributed by atoms with Crippen LogP contribution in [0.15, 0.2) is 18.3 Å². The lowest BCUT2D eigenvalue weighted by Gasteiger charge is -2.34. The van der Waals surface area contributed by atoms with Crippen LogP contribution in [0.1, 0.15) is 127 Å². The largest absolute Gasteiger partial charge is 0.492 e. The molecular formula is C28H44N2O3. The van der Waals surface area contributed by atoms with Crippen LogP contribution in [0, 0.1) is 16.7 Å². The molecule has 1 fully saturated rings. The van der Waals surface area contributed by atoms with Crippen molar-refractivity contribution < 1.29 is 14.3 Å². The molecular weight excluding hydrogens is 412 g/mol. The fourth-order valence-electron chi connectivity index (χ4n) is 4.62. The average Bonchev–Trinajstić information content (AvgIpc) is 2.85. The molecule has 0 aliphatic heterocycles. The molecule has 0 radical (unpaired) electrons. The number of nitrogens with zero attached hydrogens (tertiary/aromatic N) is 2. The summed E-state index contributed by atoms with van der Waals surface area (Å²) in [6, 6.07) is 6.06. The minimum absolute atomic E-state index is 0.121. The van der Waals surface area contributed by atoms with Gasteiger partial charge < -0.3 is 9.47 Å². The van der Waals surface area contributed by atoms with Crippen molar-refractivity contribution in [1.82, 2.24) is 4.98 Å². The number of unbranched alkanes of at least 4 members (excludes halogenated alkanes) is 9. The zero-order valence-corrected chi connectivity index (χ0v) is 20.9. The number of aromatic nitrogens is 1. The molecule has 1 aromatic rings. The van der Waals surface area contributed by atoms with E-state index in [1.54, 1.807) is 18.3 Å². The number of rotatable bonds is 16. The Morgan fingerprint density at radius 1 is 1.00 bits per heavy atom. The van der Waals surface area contributed by atoms with Crippen LogP contribution in [0.4, 0.5) is 0 Å². The summed E-state index contributed by atoms with van der Waals surface area (Å²) in [4.78, 5) is 16.8. The smallest absolute Gasteiger partial charge is 0.357 e. The maximum Gasteiger partial charge on any atom is 0.357 e. The molecule has 1 heterocycles. The molecule has 5 heteroatoms. The van der Waals surface area contributed by atoms with Crippen LogP contribution >= 0.6 is 0 Å². The number of ether oxygens (including phenoxy) is 2. The highest BCUT2D eigenvalue weighted by molar-refractivity contribution is 5.87. The van der Waals surface area contributed by atoms with Gasteiger partial charge in [0.2, 0.25) is 0 Å². The quantitative estimate of drug-likeness (QED) is 0.187. The fraction of sp³-hybridized carbons (Fsp3) is 0.750. The highest BCUT2D eigenvalue weighted by Crippen LogP contribution is 2.41. The summed E-state index contributed by atoms with van der Waals surface area (Å²) in [6.45, 7) is 5.12. The van der Waals surface area contributed by atoms with E-state index in [1.807, 2.05) is 0 Å². The van der Waals surface area contributed by atoms with Crippen LogP contribution in [0.2, 0.25) is 0 Å². The number of hydrogen-bond acceptors (Lipinski definition) is 5. The normalized spacial score (nSPS) is 20.2. The monoisotopic (exact) mass is 456 g/mol. The van der Waals surface area contributed by atoms with E-state index in [9.17, 15) is 10.1 Å². The summed E-state index contributed by atoms with van der Waals surface area (Å²) in [6.07, 6.45) is 19.0. The van der Waals surface area contributed by atoms with Gasteiger partial charge in [0.25, 0.3) is 0 Å². The molecule has 0 saturated heterocycles. The molecule has 0 atom stereocenters. The van der Waals surface area contributed by atoms with Gasteiger partial charge >= 0.3 is 5.97 Å². The SMILES string of the molecule is CCCCCCCCOc1ccc(C(=O)OC2CCC(C#N)(CCCCCCC)CC2)nc1. The first-order valence-corrected chi connectivity index (χ1v) is 13.3. The Morgan fingerprint density at radius 2 is 1.64 bits per heavy atom. The van der Waals surface area contributed by atoms with Gasteiger partial charge in [-0.15, -0.1) is 0 Å². The Kier molecular flexibility index (Phi) is 12.9. The second-order valence-corrected chi connectivity index (χ2v) is 9.66. The van der Waals surface area contributed by atoms with Gasteiger partial charge in [-0.25, -0.2) is 9.78 Å². The van der Waals surface area contributed by atoms with E-state index >= 15 is 0 Å². The van der Waals surface area contributed by atoms with E-state index in [1.165, 1.54) is 57.8 Å². The molecule has 1 saturated carbocycles. The predicted molar refractivity (Wildman–Crippen MR) is 132 cm³/mol. The number of carbonyl (C=O) groups excluding carboxylic acids is 1. The van der Waals surface area contributed by atoms with Crippen molar-refractivity contribution in [3.63, 3.8) is 0 Å². The Labute approximate surface area is 201 Å². The third-order valence-corrected chi connectivity index (χ3v) is 6.87. The first-order valence-electron chi connectivity index (χ1n) is 13.3. The summed E-state index contributed by atoms with van der Waals surface area (Å²) < 4.78 is 11.4. The van der Waals surface area contributed by atoms with Crippen molar-refractivity contribution in [1.29, 1.82) is 5.26 Å². The van der Waals surface area contributed by atoms with E-state index in [2.05, 4.69) is 24.9 Å². The van der Waals surface area contributed by atoms with Crippen molar-refractivity contribution in [3.05, 3.63) is 24.0 Å². The molecule has 5 nitrogen and oxygen atoms in total. The van der Waals surface area contributed by atoms with E-state index in [-0.39, 0.29) is 17.5 Å². The minimum Gasteiger partial charge on any atom is -0.492 e. The van der Waals surface area contributed by atoms with Crippen molar-refractivity contribution in [2.75, 3.05) is 6.61 Å². The summed E-state index contributed by atoms with van der Waals surface area (Å²) in [5.41, 5.74) is 0.0810. The Bertz CT molecular complexity index is 703. The fourth-order valence-corrected chi connectivity index (χ4v) is 4.62. The van der Waals surface area contributed by atoms with Crippen LogP contribution < -0.4 is 4.74 Å². The molecule has 2 rings (SSSR count). The second-order valence-electron chi connectivity index (χ2n) is 9.66. The van der Waals surface area contributed by atoms with E-state index in [0.717, 1.165) is 44.9 Å². The predicted octanol–water partition coefficient (Wildman–Crippen LogP) is 7.79. The molecule has 0 unspecified atom stereocenters. The Balaban J connectivity index is 1.68. The van der Waals surface area contributed by atoms with Crippen molar-refractivity contribution >= 4 is 5.97 Å². The lowest BCUT2D eigenvalue weighted by Crippen LogP contribution is -2.31. The molecule has 0 N–H and O–H groups in total. The van der Waals surface area contributed by atoms with Crippen molar-refractivity contribution in [2.24, 2.45) is 5.41 Å². The zero-order valence-electron chi connectivity index (χ0n) is 20.9. The highest BCUT2D eigenvalue weighted by atomic mass is 16.5. The van der Waals surface area contributed by atoms with Gasteiger partial charge in [0, 0.05) is 0 Å². The van der Waals surface area contributed by atoms with Gasteiger partial charge in [0.05, 0.1) is 24.3 Å². The van der Waals surface area contributed by atoms with Crippen LogP contribution in [0.5, 0.6) is 5.75 Å². The summed E-state index contributed by atoms with van der Waals surface area (Å²) in [7, 11) is 0. The lowest BCUT2D eigenvalue weighted by molar-refractivity contribution is 0.00985. The summed E-state index contributed by atoms with van der Waals surface area (Å²) >= 11 is 0. The minimum atomic E-state index is -0.383. The van der Waals surface area contributed by atoms with Crippen molar-refractivity contribution in [3.8, 4) is 11.8 Å². The van der Waals surface area contributed by atoms with Crippen molar-refractivity contribution in [2.45, 2.75) is 123 Å². The van der Waals surface area contributed by atoms with Crippen LogP contribution in [0.3, 0.4) is 0 Å². The molecule has 0 spiro atoms. The number of nitriles is 1. The number of pyridine rings is 1. The summed E-state index contributed by atoms with van der Waals surface area (Å²) in [5, 5.41) is 9.76. The van der Waals surface area contributed by atoms with Crippen LogP contribution in [0.25, 0.3) is 0 Å². The Morgan fingerprint density at radius 3 is 2.24 bits per heavy atom. The third-order valence-electron chi connectivity index (χ3n) is 6.87. The second kappa shape index (κ2) is 15.7. The molecule has 0 bridgehead atoms. The average molecular weight is 457 g/mol. The van der Waals surface area contributed by atoms with E-state index in [0.29, 0.717) is 18.1 Å². The molecule has 1 aromatic heterocycles. The molecule has 33 heavy (non-hydrogen) atoms. The molecule has 184 valence electrons. The Hall–Kier alpha value is -2.09. The topological polar surface area (TPSA) is 72.2 Å². The molecule has 1 aliphatic rings. The maximum atomic E-state index is 12.5. The van der Waals surface area contributed by atoms with Gasteiger partial charge in [-0.05, 0) is 50.7 Å². The maximum absolute atomic E-state index is 12.5. The zero-order chi connectivity index (χ0) is 23.8. The van der Waals surface area contributed by atoms with E-state index in [4.69, 9.17) is 9.47 Å². The standard InChI is InChI=1S/C28H44N2O3/c1-3-5-7-9-11-13-21-32-25-14-15-26(30-22-25)27(31)33-24-16-19-28(23-29,20-17-24)18-12-10-8-6-4-2/h14-15,22,24H,3-13,16-21H2,1-2H3. The highest BCUT2D eigenvalue weighted by Gasteiger charge is 2.36. The van der Waals surface area contributed by atoms with Crippen LogP contribution in [-0.4, -0.2) is 23.7 Å². The van der Waals surface area contributed by atoms with Gasteiger partial charge in [-0.1, -0.05) is 78.1 Å². The molecule has 0 aromatic carbocycles. The summed E-state index contributed by atoms with van der Waals surface area (Å²) in [5.74, 6) is 0.307. The molecule has 1 aliphatic carbocycles. The lowest BCUT2D eigenvalue weighted by atomic mass is 9.71. The number of esters is 1. The van der Waals surface area contributed by atoms with Crippen LogP contribution in [-0.2, 0) is 4.74 Å². The van der Waals surface area contributed by atoms with Gasteiger partial charge in [-0.2, -0.15) is 5.26 Å². The number of hydrogen-bond donors (Lipinski definition) is 0. The first kappa shape index (κ1) is 27.2. The van der Waals surface area contributed by atoms with Gasteiger partial charge in [0.1, 0.15) is 17.5 Å². The number of carbonyl (C=O) groups is 1. The molecule has 0 amide bonds. The van der Waals surface area contributed by atoms with E-state index < -0.39 is 0 Å². The van der Waals surface area contributed by atoms with Gasteiger partial charge in [0.15, 0.2) is 0 Å².